The van der Waals surface area contributed by atoms with Crippen molar-refractivity contribution in [2.75, 3.05) is 26.2 Å². The van der Waals surface area contributed by atoms with Crippen molar-refractivity contribution in [3.63, 3.8) is 0 Å². The molecule has 4 rings (SSSR count). The minimum Gasteiger partial charge on any atom is -0.351 e. The Labute approximate surface area is 170 Å². The quantitative estimate of drug-likeness (QED) is 0.653. The van der Waals surface area contributed by atoms with Crippen LogP contribution < -0.4 is 10.9 Å². The maximum atomic E-state index is 12.8. The molecule has 6 nitrogen and oxygen atoms in total. The third-order valence-corrected chi connectivity index (χ3v) is 6.02. The Morgan fingerprint density at radius 1 is 1.17 bits per heavy atom. The van der Waals surface area contributed by atoms with Gasteiger partial charge in [-0.3, -0.25) is 9.59 Å². The third kappa shape index (κ3) is 3.94. The highest BCUT2D eigenvalue weighted by molar-refractivity contribution is 6.07. The standard InChI is InChI=1S/C23H30N4O2/c1-15-11-16(2)14-27(13-15)10-6-9-24-23(29)20-12-18-21(26(20)3)17-7-4-5-8-19(17)25-22(18)28/h4-5,7-8,12,15-16H,6,9-11,13-14H2,1-3H3,(H,24,29)(H,25,28)/t15-,16-/m0/s1. The molecule has 1 saturated heterocycles. The second kappa shape index (κ2) is 8.03. The van der Waals surface area contributed by atoms with Crippen LogP contribution >= 0.6 is 0 Å². The number of aryl methyl sites for hydroxylation is 1. The number of hydrogen-bond acceptors (Lipinski definition) is 3. The second-order valence-electron chi connectivity index (χ2n) is 8.67. The first kappa shape index (κ1) is 19.7. The molecule has 154 valence electrons. The fraction of sp³-hybridized carbons (Fsp3) is 0.478. The predicted molar refractivity (Wildman–Crippen MR) is 117 cm³/mol. The Morgan fingerprint density at radius 2 is 1.90 bits per heavy atom. The van der Waals surface area contributed by atoms with E-state index in [9.17, 15) is 9.59 Å². The van der Waals surface area contributed by atoms with E-state index >= 15 is 0 Å². The number of carbonyl (C=O) groups excluding carboxylic acids is 1. The smallest absolute Gasteiger partial charge is 0.267 e. The fourth-order valence-corrected chi connectivity index (χ4v) is 4.88. The van der Waals surface area contributed by atoms with Gasteiger partial charge >= 0.3 is 0 Å². The van der Waals surface area contributed by atoms with Gasteiger partial charge in [-0.15, -0.1) is 0 Å². The van der Waals surface area contributed by atoms with Gasteiger partial charge in [-0.1, -0.05) is 32.0 Å². The van der Waals surface area contributed by atoms with E-state index in [4.69, 9.17) is 0 Å². The van der Waals surface area contributed by atoms with E-state index in [1.807, 2.05) is 35.9 Å². The molecule has 2 atom stereocenters. The molecule has 1 aromatic carbocycles. The van der Waals surface area contributed by atoms with E-state index in [-0.39, 0.29) is 11.5 Å². The molecular formula is C23H30N4O2. The zero-order chi connectivity index (χ0) is 20.5. The van der Waals surface area contributed by atoms with Crippen LogP contribution in [0.3, 0.4) is 0 Å². The van der Waals surface area contributed by atoms with E-state index in [0.29, 0.717) is 17.6 Å². The fourth-order valence-electron chi connectivity index (χ4n) is 4.88. The summed E-state index contributed by atoms with van der Waals surface area (Å²) in [6.45, 7) is 8.57. The van der Waals surface area contributed by atoms with Gasteiger partial charge in [0.25, 0.3) is 11.5 Å². The van der Waals surface area contributed by atoms with Crippen molar-refractivity contribution in [3.05, 3.63) is 46.4 Å². The Hall–Kier alpha value is -2.60. The number of aromatic amines is 1. The summed E-state index contributed by atoms with van der Waals surface area (Å²) in [5.74, 6) is 1.36. The number of aromatic nitrogens is 2. The Kier molecular flexibility index (Phi) is 5.46. The van der Waals surface area contributed by atoms with Gasteiger partial charge in [0.2, 0.25) is 0 Å². The van der Waals surface area contributed by atoms with Crippen LogP contribution in [0.2, 0.25) is 0 Å². The van der Waals surface area contributed by atoms with Crippen LogP contribution in [0.5, 0.6) is 0 Å². The van der Waals surface area contributed by atoms with Gasteiger partial charge < -0.3 is 19.8 Å². The number of benzene rings is 1. The molecule has 3 aromatic rings. The molecular weight excluding hydrogens is 364 g/mol. The maximum Gasteiger partial charge on any atom is 0.267 e. The summed E-state index contributed by atoms with van der Waals surface area (Å²) in [4.78, 5) is 30.7. The summed E-state index contributed by atoms with van der Waals surface area (Å²) >= 11 is 0. The molecule has 1 fully saturated rings. The predicted octanol–water partition coefficient (Wildman–Crippen LogP) is 3.12. The van der Waals surface area contributed by atoms with Gasteiger partial charge in [0.05, 0.1) is 16.4 Å². The molecule has 0 bridgehead atoms. The van der Waals surface area contributed by atoms with E-state index in [2.05, 4.69) is 29.0 Å². The van der Waals surface area contributed by atoms with Crippen LogP contribution in [0.15, 0.2) is 35.1 Å². The molecule has 29 heavy (non-hydrogen) atoms. The van der Waals surface area contributed by atoms with E-state index in [1.54, 1.807) is 6.07 Å². The minimum atomic E-state index is -0.165. The molecule has 0 unspecified atom stereocenters. The van der Waals surface area contributed by atoms with Gasteiger partial charge in [-0.25, -0.2) is 0 Å². The Morgan fingerprint density at radius 3 is 2.66 bits per heavy atom. The monoisotopic (exact) mass is 394 g/mol. The van der Waals surface area contributed by atoms with Crippen LogP contribution in [0.1, 0.15) is 37.2 Å². The van der Waals surface area contributed by atoms with E-state index < -0.39 is 0 Å². The zero-order valence-corrected chi connectivity index (χ0v) is 17.5. The third-order valence-electron chi connectivity index (χ3n) is 6.02. The largest absolute Gasteiger partial charge is 0.351 e. The van der Waals surface area contributed by atoms with Crippen LogP contribution in [0, 0.1) is 11.8 Å². The molecule has 0 spiro atoms. The number of fused-ring (bicyclic) bond motifs is 3. The molecule has 2 N–H and O–H groups in total. The molecule has 0 aliphatic carbocycles. The Bertz CT molecular complexity index is 1090. The van der Waals surface area contributed by atoms with Crippen LogP contribution in [-0.2, 0) is 7.05 Å². The Balaban J connectivity index is 1.45. The average Bonchev–Trinajstić information content (AvgIpc) is 3.03. The van der Waals surface area contributed by atoms with E-state index in [1.165, 1.54) is 6.42 Å². The van der Waals surface area contributed by atoms with Crippen LogP contribution in [-0.4, -0.2) is 46.5 Å². The van der Waals surface area contributed by atoms with Gasteiger partial charge in [-0.05, 0) is 43.4 Å². The van der Waals surface area contributed by atoms with Crippen molar-refractivity contribution in [1.82, 2.24) is 19.8 Å². The van der Waals surface area contributed by atoms with Crippen LogP contribution in [0.4, 0.5) is 0 Å². The first-order valence-corrected chi connectivity index (χ1v) is 10.5. The molecule has 1 aliphatic rings. The molecule has 0 saturated carbocycles. The van der Waals surface area contributed by atoms with Gasteiger partial charge in [-0.2, -0.15) is 0 Å². The number of nitrogens with zero attached hydrogens (tertiary/aromatic N) is 2. The summed E-state index contributed by atoms with van der Waals surface area (Å²) < 4.78 is 1.83. The summed E-state index contributed by atoms with van der Waals surface area (Å²) in [6.07, 6.45) is 2.24. The lowest BCUT2D eigenvalue weighted by molar-refractivity contribution is 0.0939. The van der Waals surface area contributed by atoms with Crippen molar-refractivity contribution >= 4 is 27.7 Å². The summed E-state index contributed by atoms with van der Waals surface area (Å²) in [5, 5.41) is 4.52. The lowest BCUT2D eigenvalue weighted by Gasteiger charge is -2.34. The topological polar surface area (TPSA) is 70.1 Å². The normalized spacial score (nSPS) is 20.4. The first-order valence-electron chi connectivity index (χ1n) is 10.5. The van der Waals surface area contributed by atoms with Crippen molar-refractivity contribution in [2.45, 2.75) is 26.7 Å². The zero-order valence-electron chi connectivity index (χ0n) is 17.5. The number of likely N-dealkylation sites (tertiary alicyclic amines) is 1. The van der Waals surface area contributed by atoms with Crippen molar-refractivity contribution in [2.24, 2.45) is 18.9 Å². The van der Waals surface area contributed by atoms with Crippen molar-refractivity contribution < 1.29 is 4.79 Å². The van der Waals surface area contributed by atoms with E-state index in [0.717, 1.165) is 54.3 Å². The highest BCUT2D eigenvalue weighted by Gasteiger charge is 2.21. The number of rotatable bonds is 5. The van der Waals surface area contributed by atoms with Crippen molar-refractivity contribution in [1.29, 1.82) is 0 Å². The van der Waals surface area contributed by atoms with Gasteiger partial charge in [0.1, 0.15) is 5.69 Å². The lowest BCUT2D eigenvalue weighted by Crippen LogP contribution is -2.40. The number of H-pyrrole nitrogens is 1. The number of nitrogens with one attached hydrogen (secondary N) is 2. The molecule has 0 radical (unpaired) electrons. The van der Waals surface area contributed by atoms with Crippen molar-refractivity contribution in [3.8, 4) is 0 Å². The number of carbonyl (C=O) groups is 1. The SMILES string of the molecule is C[C@H]1C[C@H](C)CN(CCCNC(=O)c2cc3c(=O)[nH]c4ccccc4c3n2C)C1. The highest BCUT2D eigenvalue weighted by atomic mass is 16.2. The van der Waals surface area contributed by atoms with Gasteiger partial charge in [0.15, 0.2) is 0 Å². The first-order chi connectivity index (χ1) is 13.9. The minimum absolute atomic E-state index is 0.132. The average molecular weight is 395 g/mol. The second-order valence-corrected chi connectivity index (χ2v) is 8.67. The number of para-hydroxylation sites is 1. The highest BCUT2D eigenvalue weighted by Crippen LogP contribution is 2.24. The number of amides is 1. The maximum absolute atomic E-state index is 12.8. The summed E-state index contributed by atoms with van der Waals surface area (Å²) in [6, 6.07) is 9.38. The summed E-state index contributed by atoms with van der Waals surface area (Å²) in [5.41, 5.74) is 1.93. The molecule has 3 heterocycles. The summed E-state index contributed by atoms with van der Waals surface area (Å²) in [7, 11) is 1.85. The molecule has 1 aliphatic heterocycles. The molecule has 1 amide bonds. The molecule has 6 heteroatoms. The number of piperidine rings is 1. The lowest BCUT2D eigenvalue weighted by atomic mass is 9.92. The molecule has 2 aromatic heterocycles. The number of pyridine rings is 1. The van der Waals surface area contributed by atoms with Gasteiger partial charge in [0, 0.05) is 32.1 Å². The van der Waals surface area contributed by atoms with Crippen LogP contribution in [0.25, 0.3) is 21.8 Å². The number of hydrogen-bond donors (Lipinski definition) is 2.